The van der Waals surface area contributed by atoms with Crippen molar-refractivity contribution in [1.82, 2.24) is 4.90 Å². The molecule has 0 saturated carbocycles. The first-order chi connectivity index (χ1) is 17.2. The third-order valence-electron chi connectivity index (χ3n) is 6.21. The molecule has 190 valence electrons. The number of nitrogens with two attached hydrogens (primary N) is 1. The third kappa shape index (κ3) is 4.96. The van der Waals surface area contributed by atoms with Gasteiger partial charge in [-0.2, -0.15) is 0 Å². The Balaban J connectivity index is 1.73. The van der Waals surface area contributed by atoms with Crippen molar-refractivity contribution >= 4 is 29.3 Å². The summed E-state index contributed by atoms with van der Waals surface area (Å²) in [5.74, 6) is -4.32. The number of ether oxygens (including phenoxy) is 2. The maximum atomic E-state index is 14.2. The van der Waals surface area contributed by atoms with E-state index in [0.717, 1.165) is 29.2 Å². The number of nitrogens with zero attached hydrogens (tertiary/aromatic N) is 2. The van der Waals surface area contributed by atoms with Gasteiger partial charge in [-0.15, -0.1) is 0 Å². The predicted molar refractivity (Wildman–Crippen MR) is 119 cm³/mol. The van der Waals surface area contributed by atoms with Crippen LogP contribution in [0.15, 0.2) is 36.4 Å². The molecule has 11 nitrogen and oxygen atoms in total. The average Bonchev–Trinajstić information content (AvgIpc) is 3.23. The molecule has 3 N–H and O–H groups in total. The summed E-state index contributed by atoms with van der Waals surface area (Å²) in [7, 11) is 0. The number of fused-ring (bicyclic) bond motifs is 1. The Bertz CT molecular complexity index is 1200. The number of primary amides is 1. The number of non-ortho nitro benzene ring substituents is 1. The van der Waals surface area contributed by atoms with Crippen LogP contribution < -0.4 is 11.1 Å². The van der Waals surface area contributed by atoms with Crippen LogP contribution in [0, 0.1) is 27.7 Å². The van der Waals surface area contributed by atoms with Gasteiger partial charge in [-0.3, -0.25) is 19.7 Å². The van der Waals surface area contributed by atoms with E-state index in [1.165, 1.54) is 12.1 Å². The van der Waals surface area contributed by atoms with Gasteiger partial charge in [0.15, 0.2) is 6.10 Å². The Kier molecular flexibility index (Phi) is 7.10. The Labute approximate surface area is 203 Å². The monoisotopic (exact) mass is 504 g/mol. The number of nitro benzene ring substituents is 1. The Morgan fingerprint density at radius 2 is 1.83 bits per heavy atom. The molecule has 0 aromatic heterocycles. The molecular formula is C23H22F2N4O7. The summed E-state index contributed by atoms with van der Waals surface area (Å²) >= 11 is 0. The van der Waals surface area contributed by atoms with Crippen LogP contribution in [0.5, 0.6) is 0 Å². The average molecular weight is 504 g/mol. The van der Waals surface area contributed by atoms with E-state index in [1.54, 1.807) is 0 Å². The van der Waals surface area contributed by atoms with Gasteiger partial charge in [0, 0.05) is 37.8 Å². The van der Waals surface area contributed by atoms with Gasteiger partial charge in [0.2, 0.25) is 0 Å². The fourth-order valence-electron chi connectivity index (χ4n) is 4.49. The van der Waals surface area contributed by atoms with Crippen LogP contribution in [0.1, 0.15) is 30.0 Å². The van der Waals surface area contributed by atoms with Crippen molar-refractivity contribution in [2.45, 2.75) is 31.5 Å². The molecule has 1 unspecified atom stereocenters. The topological polar surface area (TPSA) is 154 Å². The van der Waals surface area contributed by atoms with Crippen molar-refractivity contribution in [3.05, 3.63) is 69.3 Å². The number of halogens is 2. The van der Waals surface area contributed by atoms with Crippen molar-refractivity contribution < 1.29 is 37.6 Å². The zero-order valence-electron chi connectivity index (χ0n) is 18.8. The number of nitrogens with one attached hydrogen (secondary N) is 1. The number of carbonyl (C=O) groups excluding carboxylic acids is 3. The minimum atomic E-state index is -1.50. The summed E-state index contributed by atoms with van der Waals surface area (Å²) in [6, 6.07) is 5.24. The van der Waals surface area contributed by atoms with Gasteiger partial charge in [0.05, 0.1) is 4.92 Å². The quantitative estimate of drug-likeness (QED) is 0.453. The summed E-state index contributed by atoms with van der Waals surface area (Å²) < 4.78 is 38.9. The normalized spacial score (nSPS) is 18.3. The number of nitro groups is 1. The molecule has 0 bridgehead atoms. The first-order valence-electron chi connectivity index (χ1n) is 11.0. The van der Waals surface area contributed by atoms with Gasteiger partial charge in [-0.1, -0.05) is 12.1 Å². The lowest BCUT2D eigenvalue weighted by Gasteiger charge is -2.33. The summed E-state index contributed by atoms with van der Waals surface area (Å²) in [5.41, 5.74) is 4.65. The number of benzene rings is 2. The molecule has 0 spiro atoms. The number of para-hydroxylation sites is 1. The highest BCUT2D eigenvalue weighted by Crippen LogP contribution is 2.39. The van der Waals surface area contributed by atoms with E-state index in [1.807, 2.05) is 0 Å². The zero-order valence-corrected chi connectivity index (χ0v) is 18.8. The highest BCUT2D eigenvalue weighted by atomic mass is 19.1. The van der Waals surface area contributed by atoms with Crippen LogP contribution in [0.2, 0.25) is 0 Å². The molecule has 2 aliphatic heterocycles. The van der Waals surface area contributed by atoms with Crippen LogP contribution in [-0.4, -0.2) is 47.0 Å². The molecule has 2 heterocycles. The van der Waals surface area contributed by atoms with E-state index in [9.17, 15) is 33.3 Å². The maximum Gasteiger partial charge on any atom is 0.405 e. The molecule has 3 amide bonds. The van der Waals surface area contributed by atoms with Gasteiger partial charge >= 0.3 is 6.09 Å². The van der Waals surface area contributed by atoms with Crippen molar-refractivity contribution in [3.63, 3.8) is 0 Å². The molecule has 2 aromatic carbocycles. The Morgan fingerprint density at radius 3 is 2.44 bits per heavy atom. The summed E-state index contributed by atoms with van der Waals surface area (Å²) in [5, 5.41) is 13.5. The molecule has 1 fully saturated rings. The van der Waals surface area contributed by atoms with Gasteiger partial charge in [-0.05, 0) is 36.1 Å². The Hall–Kier alpha value is -4.13. The highest BCUT2D eigenvalue weighted by Gasteiger charge is 2.45. The minimum Gasteiger partial charge on any atom is -0.436 e. The molecule has 4 rings (SSSR count). The fraction of sp³-hybridized carbons (Fsp3) is 0.348. The van der Waals surface area contributed by atoms with Gasteiger partial charge in [0.25, 0.3) is 17.5 Å². The van der Waals surface area contributed by atoms with Gasteiger partial charge in [0.1, 0.15) is 23.4 Å². The smallest absolute Gasteiger partial charge is 0.405 e. The summed E-state index contributed by atoms with van der Waals surface area (Å²) in [6.45, 7) is 0.477. The van der Waals surface area contributed by atoms with E-state index in [4.69, 9.17) is 15.2 Å². The SMILES string of the molecule is NC(=O)OC(C(=O)N1Cc2ccc([N+](=O)[O-])cc2[C@H]1C(=O)Nc1c(F)cccc1F)C1CCOCC1. The number of hydrogen-bond donors (Lipinski definition) is 2. The first-order valence-corrected chi connectivity index (χ1v) is 11.0. The van der Waals surface area contributed by atoms with E-state index in [2.05, 4.69) is 5.32 Å². The summed E-state index contributed by atoms with van der Waals surface area (Å²) in [6.07, 6.45) is -1.78. The van der Waals surface area contributed by atoms with Crippen molar-refractivity contribution in [1.29, 1.82) is 0 Å². The van der Waals surface area contributed by atoms with Gasteiger partial charge in [-0.25, -0.2) is 13.6 Å². The third-order valence-corrected chi connectivity index (χ3v) is 6.21. The number of hydrogen-bond acceptors (Lipinski definition) is 7. The largest absolute Gasteiger partial charge is 0.436 e. The fourth-order valence-corrected chi connectivity index (χ4v) is 4.49. The Morgan fingerprint density at radius 1 is 1.17 bits per heavy atom. The molecule has 36 heavy (non-hydrogen) atoms. The number of carbonyl (C=O) groups is 3. The maximum absolute atomic E-state index is 14.2. The zero-order chi connectivity index (χ0) is 26.0. The number of amides is 3. The lowest BCUT2D eigenvalue weighted by molar-refractivity contribution is -0.384. The predicted octanol–water partition coefficient (Wildman–Crippen LogP) is 2.79. The molecule has 13 heteroatoms. The standard InChI is InChI=1S/C23H22F2N4O7/c24-16-2-1-3-17(25)18(16)27-21(30)19-15-10-14(29(33)34)5-4-13(15)11-28(19)22(31)20(36-23(26)32)12-6-8-35-9-7-12/h1-5,10,12,19-20H,6-9,11H2,(H2,26,32)(H,27,30)/t19-,20?/m0/s1. The molecular weight excluding hydrogens is 482 g/mol. The van der Waals surface area contributed by atoms with Crippen LogP contribution in [0.4, 0.5) is 25.0 Å². The molecule has 1 saturated heterocycles. The van der Waals surface area contributed by atoms with Crippen molar-refractivity contribution in [3.8, 4) is 0 Å². The minimum absolute atomic E-state index is 0.108. The van der Waals surface area contributed by atoms with Crippen LogP contribution in [0.3, 0.4) is 0 Å². The van der Waals surface area contributed by atoms with Crippen molar-refractivity contribution in [2.75, 3.05) is 18.5 Å². The molecule has 2 aliphatic rings. The van der Waals surface area contributed by atoms with Gasteiger partial charge < -0.3 is 25.4 Å². The molecule has 2 aromatic rings. The van der Waals surface area contributed by atoms with E-state index in [-0.39, 0.29) is 17.8 Å². The second kappa shape index (κ2) is 10.2. The first kappa shape index (κ1) is 25.0. The second-order valence-corrected chi connectivity index (χ2v) is 8.40. The van der Waals surface area contributed by atoms with Crippen molar-refractivity contribution in [2.24, 2.45) is 11.7 Å². The van der Waals surface area contributed by atoms with E-state index in [0.29, 0.717) is 31.6 Å². The summed E-state index contributed by atoms with van der Waals surface area (Å²) in [4.78, 5) is 50.3. The van der Waals surface area contributed by atoms with E-state index < -0.39 is 58.2 Å². The molecule has 0 radical (unpaired) electrons. The van der Waals surface area contributed by atoms with Crippen LogP contribution in [0.25, 0.3) is 0 Å². The van der Waals surface area contributed by atoms with Crippen LogP contribution >= 0.6 is 0 Å². The number of anilines is 1. The molecule has 2 atom stereocenters. The highest BCUT2D eigenvalue weighted by molar-refractivity contribution is 6.00. The lowest BCUT2D eigenvalue weighted by atomic mass is 9.92. The lowest BCUT2D eigenvalue weighted by Crippen LogP contribution is -2.48. The molecule has 0 aliphatic carbocycles. The second-order valence-electron chi connectivity index (χ2n) is 8.40. The van der Waals surface area contributed by atoms with Crippen LogP contribution in [-0.2, 0) is 25.6 Å². The van der Waals surface area contributed by atoms with E-state index >= 15 is 0 Å². The number of rotatable bonds is 6.